The molecule has 3 aromatic rings. The van der Waals surface area contributed by atoms with E-state index in [1.54, 1.807) is 24.3 Å². The molecule has 3 heterocycles. The van der Waals surface area contributed by atoms with Gasteiger partial charge in [-0.3, -0.25) is 38.5 Å². The molecule has 4 atom stereocenters. The van der Waals surface area contributed by atoms with E-state index in [-0.39, 0.29) is 31.5 Å². The van der Waals surface area contributed by atoms with Crippen LogP contribution in [0.15, 0.2) is 90.0 Å². The smallest absolute Gasteiger partial charge is 0.271 e. The lowest BCUT2D eigenvalue weighted by atomic mass is 10.1. The van der Waals surface area contributed by atoms with Crippen molar-refractivity contribution in [3.63, 3.8) is 0 Å². The van der Waals surface area contributed by atoms with Gasteiger partial charge in [-0.05, 0) is 30.5 Å². The second kappa shape index (κ2) is 18.8. The van der Waals surface area contributed by atoms with Crippen LogP contribution in [0.3, 0.4) is 0 Å². The minimum Gasteiger partial charge on any atom is -0.469 e. The van der Waals surface area contributed by atoms with E-state index in [4.69, 9.17) is 10.2 Å². The van der Waals surface area contributed by atoms with E-state index in [2.05, 4.69) is 41.9 Å². The lowest BCUT2D eigenvalue weighted by molar-refractivity contribution is -0.133. The van der Waals surface area contributed by atoms with Gasteiger partial charge in [-0.1, -0.05) is 42.5 Å². The van der Waals surface area contributed by atoms with Crippen molar-refractivity contribution in [1.82, 2.24) is 41.9 Å². The number of hydrogen-bond acceptors (Lipinski definition) is 10. The molecule has 0 spiro atoms. The van der Waals surface area contributed by atoms with Crippen molar-refractivity contribution in [3.8, 4) is 0 Å². The number of aromatic nitrogens is 2. The Kier molecular flexibility index (Phi) is 13.7. The van der Waals surface area contributed by atoms with Crippen LogP contribution in [0.4, 0.5) is 0 Å². The second-order valence-corrected chi connectivity index (χ2v) is 11.2. The molecule has 17 nitrogen and oxygen atoms in total. The Morgan fingerprint density at radius 1 is 0.863 bits per heavy atom. The molecule has 0 saturated heterocycles. The van der Waals surface area contributed by atoms with Gasteiger partial charge in [-0.15, -0.1) is 0 Å². The lowest BCUT2D eigenvalue weighted by Crippen LogP contribution is -2.59. The third kappa shape index (κ3) is 12.1. The van der Waals surface area contributed by atoms with Gasteiger partial charge in [0.2, 0.25) is 35.4 Å². The summed E-state index contributed by atoms with van der Waals surface area (Å²) in [5.74, 6) is -5.26. The van der Waals surface area contributed by atoms with Gasteiger partial charge in [0.25, 0.3) is 5.91 Å². The van der Waals surface area contributed by atoms with Crippen molar-refractivity contribution < 1.29 is 38.0 Å². The Morgan fingerprint density at radius 3 is 2.27 bits per heavy atom. The highest BCUT2D eigenvalue weighted by Gasteiger charge is 2.31. The molecule has 4 unspecified atom stereocenters. The number of carbonyl (C=O) groups excluding carboxylic acids is 7. The molecular formula is C34H37N9O8. The molecule has 266 valence electrons. The summed E-state index contributed by atoms with van der Waals surface area (Å²) in [6.45, 7) is -0.607. The first-order valence-corrected chi connectivity index (χ1v) is 15.8. The average Bonchev–Trinajstić information content (AvgIpc) is 3.64. The quantitative estimate of drug-likeness (QED) is 0.138. The van der Waals surface area contributed by atoms with E-state index in [0.29, 0.717) is 5.76 Å². The van der Waals surface area contributed by atoms with Crippen molar-refractivity contribution in [1.29, 1.82) is 0 Å². The van der Waals surface area contributed by atoms with Crippen molar-refractivity contribution in [2.45, 2.75) is 43.4 Å². The molecule has 1 aliphatic rings. The maximum absolute atomic E-state index is 13.8. The first kappa shape index (κ1) is 37.2. The SMILES string of the molecule is NC(=O)C1CCNC(=O)C(CNC(=O)c2cnccn2)NC(=O)C(Cc2ccco2)NC(=O)C(C/C=C/c2ccccc2)NC(=O)C=CC(=O)N1. The first-order valence-electron chi connectivity index (χ1n) is 15.8. The van der Waals surface area contributed by atoms with Crippen molar-refractivity contribution >= 4 is 47.4 Å². The van der Waals surface area contributed by atoms with Gasteiger partial charge in [-0.2, -0.15) is 0 Å². The highest BCUT2D eigenvalue weighted by molar-refractivity contribution is 6.00. The van der Waals surface area contributed by atoms with E-state index in [1.165, 1.54) is 24.9 Å². The normalized spacial score (nSPS) is 20.9. The summed E-state index contributed by atoms with van der Waals surface area (Å²) in [6, 6.07) is 7.15. The van der Waals surface area contributed by atoms with Crippen LogP contribution in [0.25, 0.3) is 6.08 Å². The predicted molar refractivity (Wildman–Crippen MR) is 181 cm³/mol. The molecule has 2 aromatic heterocycles. The lowest BCUT2D eigenvalue weighted by Gasteiger charge is -2.25. The van der Waals surface area contributed by atoms with Gasteiger partial charge in [0, 0.05) is 44.1 Å². The van der Waals surface area contributed by atoms with Crippen molar-refractivity contribution in [3.05, 3.63) is 103 Å². The van der Waals surface area contributed by atoms with Crippen LogP contribution in [0.5, 0.6) is 0 Å². The minimum absolute atomic E-state index is 0.0230. The van der Waals surface area contributed by atoms with Crippen LogP contribution in [-0.4, -0.2) is 88.6 Å². The average molecular weight is 700 g/mol. The molecule has 7 amide bonds. The maximum Gasteiger partial charge on any atom is 0.271 e. The summed E-state index contributed by atoms with van der Waals surface area (Å²) in [7, 11) is 0. The fourth-order valence-corrected chi connectivity index (χ4v) is 4.77. The number of primary amides is 1. The maximum atomic E-state index is 13.8. The van der Waals surface area contributed by atoms with Crippen LogP contribution >= 0.6 is 0 Å². The molecular weight excluding hydrogens is 662 g/mol. The van der Waals surface area contributed by atoms with E-state index in [1.807, 2.05) is 30.3 Å². The Labute approximate surface area is 291 Å². The van der Waals surface area contributed by atoms with Gasteiger partial charge in [0.05, 0.1) is 12.5 Å². The molecule has 0 bridgehead atoms. The number of nitrogens with zero attached hydrogens (tertiary/aromatic N) is 2. The zero-order chi connectivity index (χ0) is 36.6. The number of benzene rings is 1. The zero-order valence-electron chi connectivity index (χ0n) is 27.2. The molecule has 1 aliphatic heterocycles. The number of nitrogens with two attached hydrogens (primary N) is 1. The van der Waals surface area contributed by atoms with Crippen LogP contribution in [0.2, 0.25) is 0 Å². The van der Waals surface area contributed by atoms with Crippen LogP contribution in [0, 0.1) is 0 Å². The summed E-state index contributed by atoms with van der Waals surface area (Å²) in [4.78, 5) is 98.8. The van der Waals surface area contributed by atoms with E-state index in [0.717, 1.165) is 17.7 Å². The van der Waals surface area contributed by atoms with E-state index < -0.39 is 72.1 Å². The molecule has 1 aromatic carbocycles. The summed E-state index contributed by atoms with van der Waals surface area (Å²) < 4.78 is 5.41. The molecule has 51 heavy (non-hydrogen) atoms. The Bertz CT molecular complexity index is 1750. The first-order chi connectivity index (χ1) is 24.6. The van der Waals surface area contributed by atoms with Gasteiger partial charge in [-0.25, -0.2) is 4.98 Å². The third-order valence-corrected chi connectivity index (χ3v) is 7.41. The monoisotopic (exact) mass is 699 g/mol. The van der Waals surface area contributed by atoms with Crippen LogP contribution in [0.1, 0.15) is 34.7 Å². The molecule has 0 fully saturated rings. The largest absolute Gasteiger partial charge is 0.469 e. The standard InChI is InChI=1S/C34H37N9O8/c35-30(46)23-13-14-38-32(48)27(20-39-31(47)26-19-36-15-16-37-26)43-34(50)25(18-22-9-5-17-51-22)42-33(49)24(41-29(45)12-11-28(44)40-23)10-4-8-21-6-2-1-3-7-21/h1-9,11-12,15-17,19,23-25,27H,10,13-14,18,20H2,(H2,35,46)(H,38,48)(H,39,47)(H,40,44)(H,41,45)(H,42,49)(H,43,50)/b8-4+,12-11?. The summed E-state index contributed by atoms with van der Waals surface area (Å²) in [6.07, 6.45) is 10.1. The Morgan fingerprint density at radius 2 is 1.59 bits per heavy atom. The number of furan rings is 1. The van der Waals surface area contributed by atoms with Crippen molar-refractivity contribution in [2.75, 3.05) is 13.1 Å². The third-order valence-electron chi connectivity index (χ3n) is 7.41. The van der Waals surface area contributed by atoms with Crippen LogP contribution in [-0.2, 0) is 35.2 Å². The summed E-state index contributed by atoms with van der Waals surface area (Å²) in [5, 5.41) is 15.2. The van der Waals surface area contributed by atoms with Gasteiger partial charge in [0.15, 0.2) is 0 Å². The number of hydrogen-bond donors (Lipinski definition) is 7. The summed E-state index contributed by atoms with van der Waals surface area (Å²) >= 11 is 0. The molecule has 0 radical (unpaired) electrons. The molecule has 0 saturated carbocycles. The van der Waals surface area contributed by atoms with Gasteiger partial charge < -0.3 is 42.1 Å². The molecule has 0 aliphatic carbocycles. The van der Waals surface area contributed by atoms with Crippen molar-refractivity contribution in [2.24, 2.45) is 5.73 Å². The fourth-order valence-electron chi connectivity index (χ4n) is 4.77. The fraction of sp³-hybridized carbons (Fsp3) is 0.265. The molecule has 4 rings (SSSR count). The number of nitrogens with one attached hydrogen (secondary N) is 6. The number of rotatable bonds is 9. The van der Waals surface area contributed by atoms with Crippen LogP contribution < -0.4 is 37.6 Å². The molecule has 8 N–H and O–H groups in total. The second-order valence-electron chi connectivity index (χ2n) is 11.2. The number of amides is 7. The highest BCUT2D eigenvalue weighted by atomic mass is 16.3. The van der Waals surface area contributed by atoms with E-state index in [9.17, 15) is 33.6 Å². The molecule has 17 heteroatoms. The zero-order valence-corrected chi connectivity index (χ0v) is 27.2. The summed E-state index contributed by atoms with van der Waals surface area (Å²) in [5.41, 5.74) is 6.23. The minimum atomic E-state index is -1.40. The number of carbonyl (C=O) groups is 7. The van der Waals surface area contributed by atoms with Gasteiger partial charge in [0.1, 0.15) is 35.6 Å². The Balaban J connectivity index is 1.63. The highest BCUT2D eigenvalue weighted by Crippen LogP contribution is 2.08. The van der Waals surface area contributed by atoms with E-state index >= 15 is 0 Å². The van der Waals surface area contributed by atoms with Gasteiger partial charge >= 0.3 is 0 Å². The predicted octanol–water partition coefficient (Wildman–Crippen LogP) is -1.35. The topological polar surface area (TPSA) is 257 Å². The Hall–Kier alpha value is -6.65.